The zero-order chi connectivity index (χ0) is 12.3. The number of H-pyrrole nitrogens is 1. The van der Waals surface area contributed by atoms with E-state index in [-0.39, 0.29) is 0 Å². The fraction of sp³-hybridized carbons (Fsp3) is 0.308. The largest absolute Gasteiger partial charge is 0.496 e. The molecule has 4 nitrogen and oxygen atoms in total. The minimum Gasteiger partial charge on any atom is -0.496 e. The lowest BCUT2D eigenvalue weighted by Gasteiger charge is -2.09. The van der Waals surface area contributed by atoms with Crippen molar-refractivity contribution in [3.63, 3.8) is 0 Å². The molecule has 0 bridgehead atoms. The van der Waals surface area contributed by atoms with Gasteiger partial charge in [-0.3, -0.25) is 5.10 Å². The summed E-state index contributed by atoms with van der Waals surface area (Å²) in [6, 6.07) is 7.99. The maximum Gasteiger partial charge on any atom is 0.126 e. The van der Waals surface area contributed by atoms with Crippen molar-refractivity contribution in [3.8, 4) is 16.9 Å². The number of aromatic amines is 1. The molecule has 0 aliphatic rings. The van der Waals surface area contributed by atoms with Gasteiger partial charge in [-0.2, -0.15) is 5.10 Å². The lowest BCUT2D eigenvalue weighted by atomic mass is 10.0. The van der Waals surface area contributed by atoms with Gasteiger partial charge in [-0.05, 0) is 20.0 Å². The van der Waals surface area contributed by atoms with E-state index in [0.29, 0.717) is 0 Å². The highest BCUT2D eigenvalue weighted by Crippen LogP contribution is 2.33. The monoisotopic (exact) mass is 231 g/mol. The lowest BCUT2D eigenvalue weighted by molar-refractivity contribution is 0.416. The molecule has 4 heteroatoms. The molecule has 0 fully saturated rings. The van der Waals surface area contributed by atoms with E-state index in [1.807, 2.05) is 32.2 Å². The second-order valence-corrected chi connectivity index (χ2v) is 3.90. The summed E-state index contributed by atoms with van der Waals surface area (Å²) in [7, 11) is 3.60. The summed E-state index contributed by atoms with van der Waals surface area (Å²) >= 11 is 0. The van der Waals surface area contributed by atoms with E-state index < -0.39 is 0 Å². The van der Waals surface area contributed by atoms with E-state index in [0.717, 1.165) is 34.8 Å². The van der Waals surface area contributed by atoms with Crippen LogP contribution in [0.15, 0.2) is 24.3 Å². The molecule has 0 amide bonds. The molecule has 90 valence electrons. The van der Waals surface area contributed by atoms with Crippen LogP contribution in [0.4, 0.5) is 0 Å². The van der Waals surface area contributed by atoms with Gasteiger partial charge >= 0.3 is 0 Å². The second kappa shape index (κ2) is 5.01. The Labute approximate surface area is 101 Å². The van der Waals surface area contributed by atoms with Crippen molar-refractivity contribution >= 4 is 0 Å². The maximum atomic E-state index is 5.40. The highest BCUT2D eigenvalue weighted by Gasteiger charge is 2.15. The molecular weight excluding hydrogens is 214 g/mol. The minimum atomic E-state index is 0.734. The van der Waals surface area contributed by atoms with Crippen LogP contribution in [0.5, 0.6) is 5.75 Å². The number of ether oxygens (including phenoxy) is 1. The van der Waals surface area contributed by atoms with Crippen LogP contribution in [0.3, 0.4) is 0 Å². The van der Waals surface area contributed by atoms with Gasteiger partial charge in [0, 0.05) is 23.4 Å². The third-order valence-corrected chi connectivity index (χ3v) is 2.74. The van der Waals surface area contributed by atoms with Gasteiger partial charge in [0.25, 0.3) is 0 Å². The Morgan fingerprint density at radius 2 is 2.12 bits per heavy atom. The Morgan fingerprint density at radius 3 is 2.82 bits per heavy atom. The van der Waals surface area contributed by atoms with Gasteiger partial charge in [-0.15, -0.1) is 0 Å². The first kappa shape index (κ1) is 11.7. The topological polar surface area (TPSA) is 49.9 Å². The SMILES string of the molecule is CNCc1n[nH]c(C)c1-c1ccccc1OC. The van der Waals surface area contributed by atoms with Gasteiger partial charge in [-0.25, -0.2) is 0 Å². The number of methoxy groups -OCH3 is 1. The number of nitrogens with one attached hydrogen (secondary N) is 2. The first-order valence-corrected chi connectivity index (χ1v) is 5.59. The van der Waals surface area contributed by atoms with Crippen molar-refractivity contribution in [1.82, 2.24) is 15.5 Å². The Hall–Kier alpha value is -1.81. The fourth-order valence-electron chi connectivity index (χ4n) is 1.98. The highest BCUT2D eigenvalue weighted by atomic mass is 16.5. The molecule has 0 unspecified atom stereocenters. The Morgan fingerprint density at radius 1 is 1.35 bits per heavy atom. The van der Waals surface area contributed by atoms with Gasteiger partial charge in [0.2, 0.25) is 0 Å². The molecule has 0 saturated heterocycles. The summed E-state index contributed by atoms with van der Waals surface area (Å²) in [5.41, 5.74) is 4.26. The third kappa shape index (κ3) is 2.17. The number of aromatic nitrogens is 2. The van der Waals surface area contributed by atoms with Gasteiger partial charge in [-0.1, -0.05) is 18.2 Å². The van der Waals surface area contributed by atoms with E-state index in [4.69, 9.17) is 4.74 Å². The molecule has 0 saturated carbocycles. The molecule has 0 aliphatic heterocycles. The van der Waals surface area contributed by atoms with E-state index in [9.17, 15) is 0 Å². The van der Waals surface area contributed by atoms with E-state index >= 15 is 0 Å². The molecule has 1 aromatic carbocycles. The Balaban J connectivity index is 2.55. The Kier molecular flexibility index (Phi) is 3.44. The van der Waals surface area contributed by atoms with Crippen molar-refractivity contribution in [1.29, 1.82) is 0 Å². The summed E-state index contributed by atoms with van der Waals surface area (Å²) in [5, 5.41) is 10.5. The predicted octanol–water partition coefficient (Wildman–Crippen LogP) is 2.11. The minimum absolute atomic E-state index is 0.734. The first-order chi connectivity index (χ1) is 8.27. The van der Waals surface area contributed by atoms with Crippen LogP contribution in [0.2, 0.25) is 0 Å². The molecule has 0 radical (unpaired) electrons. The smallest absolute Gasteiger partial charge is 0.126 e. The zero-order valence-electron chi connectivity index (χ0n) is 10.4. The molecule has 2 aromatic rings. The number of para-hydroxylation sites is 1. The van der Waals surface area contributed by atoms with Crippen LogP contribution in [0.1, 0.15) is 11.4 Å². The Bertz CT molecular complexity index is 505. The summed E-state index contributed by atoms with van der Waals surface area (Å²) in [6.45, 7) is 2.76. The number of aryl methyl sites for hydroxylation is 1. The molecule has 1 aromatic heterocycles. The average Bonchev–Trinajstić information content (AvgIpc) is 2.71. The van der Waals surface area contributed by atoms with Crippen LogP contribution >= 0.6 is 0 Å². The summed E-state index contributed by atoms with van der Waals surface area (Å²) in [6.07, 6.45) is 0. The summed E-state index contributed by atoms with van der Waals surface area (Å²) in [4.78, 5) is 0. The quantitative estimate of drug-likeness (QED) is 0.847. The molecule has 0 spiro atoms. The van der Waals surface area contributed by atoms with E-state index in [1.54, 1.807) is 7.11 Å². The second-order valence-electron chi connectivity index (χ2n) is 3.90. The van der Waals surface area contributed by atoms with Crippen LogP contribution in [-0.2, 0) is 6.54 Å². The van der Waals surface area contributed by atoms with Crippen molar-refractivity contribution in [2.45, 2.75) is 13.5 Å². The van der Waals surface area contributed by atoms with Gasteiger partial charge in [0.1, 0.15) is 5.75 Å². The van der Waals surface area contributed by atoms with Crippen molar-refractivity contribution < 1.29 is 4.74 Å². The number of hydrogen-bond donors (Lipinski definition) is 2. The zero-order valence-corrected chi connectivity index (χ0v) is 10.4. The number of rotatable bonds is 4. The van der Waals surface area contributed by atoms with Crippen molar-refractivity contribution in [3.05, 3.63) is 35.7 Å². The number of nitrogens with zero attached hydrogens (tertiary/aromatic N) is 1. The van der Waals surface area contributed by atoms with Crippen molar-refractivity contribution in [2.24, 2.45) is 0 Å². The fourth-order valence-corrected chi connectivity index (χ4v) is 1.98. The maximum absolute atomic E-state index is 5.40. The summed E-state index contributed by atoms with van der Waals surface area (Å²) in [5.74, 6) is 0.870. The highest BCUT2D eigenvalue weighted by molar-refractivity contribution is 5.74. The number of hydrogen-bond acceptors (Lipinski definition) is 3. The van der Waals surface area contributed by atoms with Crippen molar-refractivity contribution in [2.75, 3.05) is 14.2 Å². The van der Waals surface area contributed by atoms with Crippen LogP contribution in [-0.4, -0.2) is 24.4 Å². The van der Waals surface area contributed by atoms with Gasteiger partial charge in [0.05, 0.1) is 12.8 Å². The molecule has 1 heterocycles. The first-order valence-electron chi connectivity index (χ1n) is 5.59. The third-order valence-electron chi connectivity index (χ3n) is 2.74. The van der Waals surface area contributed by atoms with E-state index in [1.165, 1.54) is 0 Å². The molecule has 0 atom stereocenters. The predicted molar refractivity (Wildman–Crippen MR) is 68.1 cm³/mol. The summed E-state index contributed by atoms with van der Waals surface area (Å²) < 4.78 is 5.40. The molecule has 2 N–H and O–H groups in total. The normalized spacial score (nSPS) is 10.5. The van der Waals surface area contributed by atoms with Gasteiger partial charge in [0.15, 0.2) is 0 Å². The number of benzene rings is 1. The van der Waals surface area contributed by atoms with E-state index in [2.05, 4.69) is 21.6 Å². The van der Waals surface area contributed by atoms with Crippen LogP contribution in [0.25, 0.3) is 11.1 Å². The van der Waals surface area contributed by atoms with Crippen LogP contribution < -0.4 is 10.1 Å². The molecular formula is C13H17N3O. The molecule has 17 heavy (non-hydrogen) atoms. The van der Waals surface area contributed by atoms with Gasteiger partial charge < -0.3 is 10.1 Å². The average molecular weight is 231 g/mol. The van der Waals surface area contributed by atoms with Crippen LogP contribution in [0, 0.1) is 6.92 Å². The standard InChI is InChI=1S/C13H17N3O/c1-9-13(11(8-14-2)16-15-9)10-6-4-5-7-12(10)17-3/h4-7,14H,8H2,1-3H3,(H,15,16). The molecule has 2 rings (SSSR count). The molecule has 0 aliphatic carbocycles. The lowest BCUT2D eigenvalue weighted by Crippen LogP contribution is -2.06.